The van der Waals surface area contributed by atoms with E-state index in [1.165, 1.54) is 0 Å². The molecule has 0 radical (unpaired) electrons. The summed E-state index contributed by atoms with van der Waals surface area (Å²) in [5.74, 6) is 0.672. The fourth-order valence-electron chi connectivity index (χ4n) is 3.24. The number of hydrogen-bond donors (Lipinski definition) is 1. The number of aromatic nitrogens is 2. The van der Waals surface area contributed by atoms with Gasteiger partial charge >= 0.3 is 0 Å². The minimum Gasteiger partial charge on any atom is -0.376 e. The van der Waals surface area contributed by atoms with Crippen LogP contribution in [-0.2, 0) is 4.74 Å². The van der Waals surface area contributed by atoms with E-state index in [0.717, 1.165) is 30.6 Å². The van der Waals surface area contributed by atoms with E-state index < -0.39 is 0 Å². The summed E-state index contributed by atoms with van der Waals surface area (Å²) in [5.41, 5.74) is 3.10. The van der Waals surface area contributed by atoms with Crippen LogP contribution in [0.2, 0.25) is 0 Å². The molecule has 1 aliphatic rings. The Labute approximate surface area is 157 Å². The molecule has 1 fully saturated rings. The van der Waals surface area contributed by atoms with Gasteiger partial charge in [-0.05, 0) is 37.5 Å². The van der Waals surface area contributed by atoms with Crippen molar-refractivity contribution in [1.29, 1.82) is 0 Å². The first kappa shape index (κ1) is 17.4. The molecule has 4 rings (SSSR count). The highest BCUT2D eigenvalue weighted by Gasteiger charge is 2.20. The standard InChI is InChI=1S/C21H21N3O3/c1-14-7-2-3-9-16(14)19-23-21(27-24-19)18-11-5-4-10-17(18)20(25)22-13-15-8-6-12-26-15/h2-5,7,9-11,15H,6,8,12-13H2,1H3,(H,22,25)/t15-/m0/s1. The van der Waals surface area contributed by atoms with Crippen LogP contribution in [0.25, 0.3) is 22.8 Å². The molecule has 2 heterocycles. The van der Waals surface area contributed by atoms with Gasteiger partial charge in [-0.2, -0.15) is 4.98 Å². The Morgan fingerprint density at radius 3 is 2.70 bits per heavy atom. The lowest BCUT2D eigenvalue weighted by atomic mass is 10.1. The summed E-state index contributed by atoms with van der Waals surface area (Å²) in [6, 6.07) is 15.1. The fourth-order valence-corrected chi connectivity index (χ4v) is 3.24. The molecule has 0 spiro atoms. The second kappa shape index (κ2) is 7.72. The Kier molecular flexibility index (Phi) is 4.98. The summed E-state index contributed by atoms with van der Waals surface area (Å²) in [4.78, 5) is 17.2. The average molecular weight is 363 g/mol. The molecule has 0 aliphatic carbocycles. The fraction of sp³-hybridized carbons (Fsp3) is 0.286. The van der Waals surface area contributed by atoms with Crippen LogP contribution in [0.4, 0.5) is 0 Å². The maximum absolute atomic E-state index is 12.7. The van der Waals surface area contributed by atoms with Crippen molar-refractivity contribution in [3.63, 3.8) is 0 Å². The number of aryl methyl sites for hydroxylation is 1. The van der Waals surface area contributed by atoms with E-state index in [2.05, 4.69) is 15.5 Å². The van der Waals surface area contributed by atoms with E-state index in [-0.39, 0.29) is 12.0 Å². The lowest BCUT2D eigenvalue weighted by molar-refractivity contribution is 0.0858. The number of amides is 1. The normalized spacial score (nSPS) is 16.4. The zero-order valence-electron chi connectivity index (χ0n) is 15.1. The molecule has 138 valence electrons. The van der Waals surface area contributed by atoms with Crippen molar-refractivity contribution in [2.24, 2.45) is 0 Å². The number of hydrogen-bond acceptors (Lipinski definition) is 5. The smallest absolute Gasteiger partial charge is 0.259 e. The van der Waals surface area contributed by atoms with Crippen LogP contribution in [-0.4, -0.2) is 35.3 Å². The molecule has 6 nitrogen and oxygen atoms in total. The largest absolute Gasteiger partial charge is 0.376 e. The monoisotopic (exact) mass is 363 g/mol. The quantitative estimate of drug-likeness (QED) is 0.749. The zero-order chi connectivity index (χ0) is 18.6. The second-order valence-corrected chi connectivity index (χ2v) is 6.63. The van der Waals surface area contributed by atoms with Gasteiger partial charge in [0.2, 0.25) is 5.82 Å². The predicted molar refractivity (Wildman–Crippen MR) is 101 cm³/mol. The lowest BCUT2D eigenvalue weighted by Gasteiger charge is -2.11. The van der Waals surface area contributed by atoms with Crippen molar-refractivity contribution in [3.05, 3.63) is 59.7 Å². The summed E-state index contributed by atoms with van der Waals surface area (Å²) >= 11 is 0. The average Bonchev–Trinajstić information content (AvgIpc) is 3.38. The number of carbonyl (C=O) groups excluding carboxylic acids is 1. The van der Waals surface area contributed by atoms with Gasteiger partial charge < -0.3 is 14.6 Å². The molecule has 2 aromatic carbocycles. The Hall–Kier alpha value is -2.99. The van der Waals surface area contributed by atoms with Crippen molar-refractivity contribution >= 4 is 5.91 Å². The van der Waals surface area contributed by atoms with Crippen molar-refractivity contribution in [1.82, 2.24) is 15.5 Å². The molecule has 1 N–H and O–H groups in total. The molecular formula is C21H21N3O3. The van der Waals surface area contributed by atoms with Crippen molar-refractivity contribution in [2.75, 3.05) is 13.2 Å². The molecule has 1 saturated heterocycles. The predicted octanol–water partition coefficient (Wildman–Crippen LogP) is 3.62. The molecule has 0 unspecified atom stereocenters. The molecule has 1 amide bonds. The second-order valence-electron chi connectivity index (χ2n) is 6.63. The number of carbonyl (C=O) groups is 1. The van der Waals surface area contributed by atoms with E-state index in [1.807, 2.05) is 49.4 Å². The van der Waals surface area contributed by atoms with Gasteiger partial charge in [0.25, 0.3) is 11.8 Å². The van der Waals surface area contributed by atoms with E-state index in [1.54, 1.807) is 6.07 Å². The maximum Gasteiger partial charge on any atom is 0.259 e. The van der Waals surface area contributed by atoms with E-state index >= 15 is 0 Å². The summed E-state index contributed by atoms with van der Waals surface area (Å²) in [6.45, 7) is 3.27. The van der Waals surface area contributed by atoms with Crippen LogP contribution in [0.3, 0.4) is 0 Å². The van der Waals surface area contributed by atoms with Gasteiger partial charge in [0.15, 0.2) is 0 Å². The van der Waals surface area contributed by atoms with E-state index in [0.29, 0.717) is 29.4 Å². The van der Waals surface area contributed by atoms with Crippen molar-refractivity contribution < 1.29 is 14.1 Å². The summed E-state index contributed by atoms with van der Waals surface area (Å²) in [6.07, 6.45) is 2.11. The first-order chi connectivity index (χ1) is 13.2. The van der Waals surface area contributed by atoms with Crippen LogP contribution in [0.1, 0.15) is 28.8 Å². The Morgan fingerprint density at radius 1 is 1.15 bits per heavy atom. The zero-order valence-corrected chi connectivity index (χ0v) is 15.1. The molecule has 1 aliphatic heterocycles. The number of ether oxygens (including phenoxy) is 1. The third-order valence-corrected chi connectivity index (χ3v) is 4.73. The summed E-state index contributed by atoms with van der Waals surface area (Å²) in [7, 11) is 0. The third-order valence-electron chi connectivity index (χ3n) is 4.73. The van der Waals surface area contributed by atoms with Gasteiger partial charge in [0.05, 0.1) is 17.2 Å². The van der Waals surface area contributed by atoms with Crippen LogP contribution < -0.4 is 5.32 Å². The van der Waals surface area contributed by atoms with Crippen molar-refractivity contribution in [2.45, 2.75) is 25.9 Å². The topological polar surface area (TPSA) is 77.2 Å². The Morgan fingerprint density at radius 2 is 1.93 bits per heavy atom. The minimum atomic E-state index is -0.170. The van der Waals surface area contributed by atoms with E-state index in [4.69, 9.17) is 9.26 Å². The maximum atomic E-state index is 12.7. The highest BCUT2D eigenvalue weighted by Crippen LogP contribution is 2.26. The van der Waals surface area contributed by atoms with Gasteiger partial charge in [-0.25, -0.2) is 0 Å². The Bertz CT molecular complexity index is 945. The summed E-state index contributed by atoms with van der Waals surface area (Å²) in [5, 5.41) is 7.04. The van der Waals surface area contributed by atoms with Gasteiger partial charge in [-0.15, -0.1) is 0 Å². The Balaban J connectivity index is 1.58. The molecule has 1 atom stereocenters. The molecule has 27 heavy (non-hydrogen) atoms. The minimum absolute atomic E-state index is 0.0946. The molecular weight excluding hydrogens is 342 g/mol. The lowest BCUT2D eigenvalue weighted by Crippen LogP contribution is -2.32. The highest BCUT2D eigenvalue weighted by molar-refractivity contribution is 6.00. The molecule has 6 heteroatoms. The third kappa shape index (κ3) is 3.75. The number of rotatable bonds is 5. The molecule has 1 aromatic heterocycles. The van der Waals surface area contributed by atoms with Gasteiger partial charge in [-0.1, -0.05) is 41.6 Å². The van der Waals surface area contributed by atoms with E-state index in [9.17, 15) is 4.79 Å². The van der Waals surface area contributed by atoms with Crippen molar-refractivity contribution in [3.8, 4) is 22.8 Å². The summed E-state index contributed by atoms with van der Waals surface area (Å²) < 4.78 is 11.0. The SMILES string of the molecule is Cc1ccccc1-c1noc(-c2ccccc2C(=O)NC[C@@H]2CCCO2)n1. The highest BCUT2D eigenvalue weighted by atomic mass is 16.5. The van der Waals surface area contributed by atoms with Crippen LogP contribution in [0, 0.1) is 6.92 Å². The van der Waals surface area contributed by atoms with Gasteiger partial charge in [0, 0.05) is 18.7 Å². The first-order valence-corrected chi connectivity index (χ1v) is 9.11. The number of nitrogens with one attached hydrogen (secondary N) is 1. The number of benzene rings is 2. The van der Waals surface area contributed by atoms with Crippen LogP contribution in [0.15, 0.2) is 53.1 Å². The van der Waals surface area contributed by atoms with Crippen LogP contribution in [0.5, 0.6) is 0 Å². The molecule has 0 bridgehead atoms. The number of nitrogens with zero attached hydrogens (tertiary/aromatic N) is 2. The molecule has 0 saturated carbocycles. The van der Waals surface area contributed by atoms with Gasteiger partial charge in [0.1, 0.15) is 0 Å². The molecule has 3 aromatic rings. The first-order valence-electron chi connectivity index (χ1n) is 9.11. The van der Waals surface area contributed by atoms with Gasteiger partial charge in [-0.3, -0.25) is 4.79 Å². The van der Waals surface area contributed by atoms with Crippen LogP contribution >= 0.6 is 0 Å².